The van der Waals surface area contributed by atoms with Crippen LogP contribution in [-0.4, -0.2) is 15.0 Å². The number of aromatic nitrogens is 3. The van der Waals surface area contributed by atoms with Crippen LogP contribution in [0.1, 0.15) is 5.56 Å². The van der Waals surface area contributed by atoms with Crippen LogP contribution in [0.3, 0.4) is 0 Å². The Kier molecular flexibility index (Phi) is 1.96. The minimum absolute atomic E-state index is 0.999. The molecule has 1 aromatic carbocycles. The lowest BCUT2D eigenvalue weighted by Gasteiger charge is -2.05. The quantitative estimate of drug-likeness (QED) is 0.669. The number of nitrogens with zero attached hydrogens (tertiary/aromatic N) is 2. The van der Waals surface area contributed by atoms with Crippen molar-refractivity contribution in [2.45, 2.75) is 6.92 Å². The minimum Gasteiger partial charge on any atom is -0.345 e. The van der Waals surface area contributed by atoms with E-state index in [-0.39, 0.29) is 0 Å². The van der Waals surface area contributed by atoms with Gasteiger partial charge in [0.2, 0.25) is 0 Å². The van der Waals surface area contributed by atoms with E-state index in [0.29, 0.717) is 0 Å². The molecule has 1 N–H and O–H groups in total. The fraction of sp³-hybridized carbons (Fsp3) is 0.0769. The number of hydrogen-bond acceptors (Lipinski definition) is 2. The lowest BCUT2D eigenvalue weighted by atomic mass is 10.0. The van der Waals surface area contributed by atoms with E-state index in [1.165, 1.54) is 5.56 Å². The Morgan fingerprint density at radius 3 is 2.94 bits per heavy atom. The third-order valence-electron chi connectivity index (χ3n) is 2.78. The van der Waals surface area contributed by atoms with Crippen LogP contribution >= 0.6 is 0 Å². The highest BCUT2D eigenvalue weighted by Gasteiger charge is 2.07. The molecular formula is C13H11N3. The van der Waals surface area contributed by atoms with Crippen molar-refractivity contribution in [2.75, 3.05) is 0 Å². The van der Waals surface area contributed by atoms with Gasteiger partial charge in [-0.25, -0.2) is 4.98 Å². The summed E-state index contributed by atoms with van der Waals surface area (Å²) in [5.41, 5.74) is 5.54. The maximum Gasteiger partial charge on any atom is 0.0961 e. The van der Waals surface area contributed by atoms with Gasteiger partial charge in [0.1, 0.15) is 0 Å². The number of fused-ring (bicyclic) bond motifs is 1. The summed E-state index contributed by atoms with van der Waals surface area (Å²) < 4.78 is 0. The van der Waals surface area contributed by atoms with Gasteiger partial charge in [-0.15, -0.1) is 0 Å². The number of imidazole rings is 1. The Morgan fingerprint density at radius 2 is 2.06 bits per heavy atom. The molecule has 3 heteroatoms. The smallest absolute Gasteiger partial charge is 0.0961 e. The molecule has 16 heavy (non-hydrogen) atoms. The molecule has 78 valence electrons. The Hall–Kier alpha value is -2.16. The molecule has 3 aromatic rings. The number of H-pyrrole nitrogens is 1. The molecule has 3 rings (SSSR count). The van der Waals surface area contributed by atoms with Crippen molar-refractivity contribution < 1.29 is 0 Å². The van der Waals surface area contributed by atoms with Gasteiger partial charge in [-0.3, -0.25) is 4.98 Å². The van der Waals surface area contributed by atoms with Gasteiger partial charge in [0.25, 0.3) is 0 Å². The Bertz CT molecular complexity index is 640. The molecule has 0 bridgehead atoms. The fourth-order valence-electron chi connectivity index (χ4n) is 1.93. The summed E-state index contributed by atoms with van der Waals surface area (Å²) >= 11 is 0. The fourth-order valence-corrected chi connectivity index (χ4v) is 1.93. The van der Waals surface area contributed by atoms with Crippen LogP contribution in [0, 0.1) is 6.92 Å². The van der Waals surface area contributed by atoms with Crippen molar-refractivity contribution in [2.24, 2.45) is 0 Å². The van der Waals surface area contributed by atoms with Gasteiger partial charge in [-0.2, -0.15) is 0 Å². The molecule has 0 atom stereocenters. The predicted molar refractivity (Wildman–Crippen MR) is 64.1 cm³/mol. The monoisotopic (exact) mass is 209 g/mol. The molecule has 0 aliphatic carbocycles. The Labute approximate surface area is 93.2 Å². The number of aryl methyl sites for hydroxylation is 1. The van der Waals surface area contributed by atoms with Gasteiger partial charge in [-0.05, 0) is 24.6 Å². The van der Waals surface area contributed by atoms with Gasteiger partial charge >= 0.3 is 0 Å². The van der Waals surface area contributed by atoms with E-state index in [1.807, 2.05) is 30.6 Å². The topological polar surface area (TPSA) is 41.6 Å². The Morgan fingerprint density at radius 1 is 1.12 bits per heavy atom. The lowest BCUT2D eigenvalue weighted by molar-refractivity contribution is 1.29. The van der Waals surface area contributed by atoms with Crippen LogP contribution in [0.15, 0.2) is 43.0 Å². The first kappa shape index (κ1) is 9.09. The molecule has 0 spiro atoms. The average Bonchev–Trinajstić information content (AvgIpc) is 2.77. The molecule has 2 heterocycles. The van der Waals surface area contributed by atoms with Crippen LogP contribution < -0.4 is 0 Å². The zero-order valence-electron chi connectivity index (χ0n) is 8.94. The van der Waals surface area contributed by atoms with Crippen molar-refractivity contribution in [3.05, 3.63) is 48.5 Å². The van der Waals surface area contributed by atoms with Crippen LogP contribution in [0.4, 0.5) is 0 Å². The maximum atomic E-state index is 4.35. The summed E-state index contributed by atoms with van der Waals surface area (Å²) in [7, 11) is 0. The zero-order valence-corrected chi connectivity index (χ0v) is 8.94. The first-order chi connectivity index (χ1) is 7.86. The predicted octanol–water partition coefficient (Wildman–Crippen LogP) is 2.93. The molecule has 0 fully saturated rings. The van der Waals surface area contributed by atoms with E-state index < -0.39 is 0 Å². The number of nitrogens with one attached hydrogen (secondary N) is 1. The highest BCUT2D eigenvalue weighted by atomic mass is 14.9. The van der Waals surface area contributed by atoms with E-state index in [2.05, 4.69) is 27.9 Å². The summed E-state index contributed by atoms with van der Waals surface area (Å²) in [5, 5.41) is 0. The van der Waals surface area contributed by atoms with E-state index >= 15 is 0 Å². The van der Waals surface area contributed by atoms with E-state index in [9.17, 15) is 0 Å². The van der Waals surface area contributed by atoms with Crippen molar-refractivity contribution in [1.82, 2.24) is 15.0 Å². The molecule has 2 aromatic heterocycles. The summed E-state index contributed by atoms with van der Waals surface area (Å²) in [4.78, 5) is 11.6. The van der Waals surface area contributed by atoms with Crippen LogP contribution in [0.5, 0.6) is 0 Å². The lowest BCUT2D eigenvalue weighted by Crippen LogP contribution is -1.86. The number of benzene rings is 1. The van der Waals surface area contributed by atoms with Crippen molar-refractivity contribution >= 4 is 11.0 Å². The highest BCUT2D eigenvalue weighted by Crippen LogP contribution is 2.27. The van der Waals surface area contributed by atoms with Gasteiger partial charge in [0, 0.05) is 23.5 Å². The molecule has 0 unspecified atom stereocenters. The van der Waals surface area contributed by atoms with Gasteiger partial charge < -0.3 is 4.98 Å². The molecule has 0 saturated heterocycles. The van der Waals surface area contributed by atoms with Crippen molar-refractivity contribution in [1.29, 1.82) is 0 Å². The zero-order chi connectivity index (χ0) is 11.0. The largest absolute Gasteiger partial charge is 0.345 e. The molecule has 0 saturated carbocycles. The normalized spacial score (nSPS) is 10.8. The molecule has 0 radical (unpaired) electrons. The van der Waals surface area contributed by atoms with Gasteiger partial charge in [-0.1, -0.05) is 12.1 Å². The van der Waals surface area contributed by atoms with Gasteiger partial charge in [0.15, 0.2) is 0 Å². The van der Waals surface area contributed by atoms with Crippen molar-refractivity contribution in [3.63, 3.8) is 0 Å². The van der Waals surface area contributed by atoms with E-state index in [1.54, 1.807) is 6.33 Å². The number of rotatable bonds is 1. The third-order valence-corrected chi connectivity index (χ3v) is 2.78. The SMILES string of the molecule is Cc1ccncc1-c1cccc2[nH]cnc12. The van der Waals surface area contributed by atoms with Crippen LogP contribution in [-0.2, 0) is 0 Å². The second-order valence-corrected chi connectivity index (χ2v) is 3.79. The highest BCUT2D eigenvalue weighted by molar-refractivity contribution is 5.92. The minimum atomic E-state index is 0.999. The summed E-state index contributed by atoms with van der Waals surface area (Å²) in [6.07, 6.45) is 5.42. The summed E-state index contributed by atoms with van der Waals surface area (Å²) in [6.45, 7) is 2.09. The molecule has 0 amide bonds. The van der Waals surface area contributed by atoms with Crippen LogP contribution in [0.25, 0.3) is 22.2 Å². The molecular weight excluding hydrogens is 198 g/mol. The summed E-state index contributed by atoms with van der Waals surface area (Å²) in [6, 6.07) is 8.15. The number of para-hydroxylation sites is 1. The molecule has 0 aliphatic heterocycles. The summed E-state index contributed by atoms with van der Waals surface area (Å²) in [5.74, 6) is 0. The van der Waals surface area contributed by atoms with Gasteiger partial charge in [0.05, 0.1) is 17.4 Å². The van der Waals surface area contributed by atoms with E-state index in [4.69, 9.17) is 0 Å². The second kappa shape index (κ2) is 3.45. The molecule has 0 aliphatic rings. The first-order valence-corrected chi connectivity index (χ1v) is 5.19. The van der Waals surface area contributed by atoms with Crippen LogP contribution in [0.2, 0.25) is 0 Å². The average molecular weight is 209 g/mol. The number of pyridine rings is 1. The van der Waals surface area contributed by atoms with E-state index in [0.717, 1.165) is 22.2 Å². The van der Waals surface area contributed by atoms with Crippen molar-refractivity contribution in [3.8, 4) is 11.1 Å². The maximum absolute atomic E-state index is 4.35. The Balaban J connectivity index is 2.34. The molecule has 3 nitrogen and oxygen atoms in total. The number of aromatic amines is 1. The third kappa shape index (κ3) is 1.29. The standard InChI is InChI=1S/C13H11N3/c1-9-5-6-14-7-11(9)10-3-2-4-12-13(10)16-8-15-12/h2-8H,1H3,(H,15,16). The first-order valence-electron chi connectivity index (χ1n) is 5.19. The number of hydrogen-bond donors (Lipinski definition) is 1. The second-order valence-electron chi connectivity index (χ2n) is 3.79.